The number of amides is 2. The van der Waals surface area contributed by atoms with Gasteiger partial charge in [-0.25, -0.2) is 28.6 Å². The summed E-state index contributed by atoms with van der Waals surface area (Å²) in [6, 6.07) is 0. The number of ketones is 3. The first-order chi connectivity index (χ1) is 29.2. The molecule has 1 aliphatic heterocycles. The third-order valence-corrected chi connectivity index (χ3v) is 12.7. The molecule has 0 saturated carbocycles. The third-order valence-electron chi connectivity index (χ3n) is 8.70. The van der Waals surface area contributed by atoms with Crippen molar-refractivity contribution in [3.05, 3.63) is 12.7 Å². The van der Waals surface area contributed by atoms with Gasteiger partial charge in [0.15, 0.2) is 22.8 Å². The van der Waals surface area contributed by atoms with E-state index in [0.717, 1.165) is 35.4 Å². The second kappa shape index (κ2) is 23.7. The number of aliphatic hydroxyl groups is 2. The monoisotopic (exact) mass is 977 g/mol. The first-order valence-corrected chi connectivity index (χ1v) is 24.3. The van der Waals surface area contributed by atoms with Crippen LogP contribution in [0, 0.1) is 5.41 Å². The number of rotatable bonds is 28. The number of imidazole rings is 1. The van der Waals surface area contributed by atoms with Gasteiger partial charge in [-0.1, -0.05) is 39.0 Å². The van der Waals surface area contributed by atoms with Crippen molar-refractivity contribution in [3.63, 3.8) is 0 Å². The van der Waals surface area contributed by atoms with Crippen LogP contribution in [0.2, 0.25) is 0 Å². The Morgan fingerprint density at radius 2 is 1.59 bits per heavy atom. The minimum absolute atomic E-state index is 0.00414. The lowest BCUT2D eigenvalue weighted by atomic mass is 9.87. The molecule has 3 rings (SSSR count). The largest absolute Gasteiger partial charge is 0.481 e. The summed E-state index contributed by atoms with van der Waals surface area (Å²) in [5.74, 6) is -3.01. The fourth-order valence-corrected chi connectivity index (χ4v) is 9.06. The fourth-order valence-electron chi connectivity index (χ4n) is 5.53. The standard InChI is InChI=1S/C32H50N7O20P3S/c1-4-5-6-18(40)11-19(41)12-20(42)13-23(44)63-10-9-34-22(43)7-8-35-30(47)27(46)32(2,3)15-56-62(53,54)59-61(51,52)55-14-21-26(58-60(48,49)50)25(45)31(57-21)39-17-38-24-28(33)36-16-37-29(24)39/h16-17,21,25-27,31,45-46H,4-15H2,1-3H3,(H,34,43)(H,35,47)(H,51,52)(H,53,54)(H2,33,36,37)(H2,48,49,50)/t21-,25-,26-,27+,31-/m1/s1. The van der Waals surface area contributed by atoms with Gasteiger partial charge in [0, 0.05) is 37.1 Å². The molecule has 31 heteroatoms. The quantitative estimate of drug-likeness (QED) is 0.0301. The number of nitrogen functional groups attached to an aromatic ring is 1. The average Bonchev–Trinajstić information content (AvgIpc) is 3.73. The van der Waals surface area contributed by atoms with E-state index in [1.54, 1.807) is 0 Å². The molecule has 2 amide bonds. The van der Waals surface area contributed by atoms with Crippen molar-refractivity contribution >= 4 is 86.5 Å². The molecule has 10 N–H and O–H groups in total. The van der Waals surface area contributed by atoms with Crippen molar-refractivity contribution < 1.29 is 94.9 Å². The minimum atomic E-state index is -5.61. The molecule has 0 aromatic carbocycles. The summed E-state index contributed by atoms with van der Waals surface area (Å²) in [6.07, 6.45) is -6.93. The predicted octanol–water partition coefficient (Wildman–Crippen LogP) is -0.267. The number of nitrogens with one attached hydrogen (secondary N) is 2. The Morgan fingerprint density at radius 1 is 0.937 bits per heavy atom. The van der Waals surface area contributed by atoms with E-state index >= 15 is 0 Å². The molecule has 0 aliphatic carbocycles. The van der Waals surface area contributed by atoms with E-state index < -0.39 is 114 Å². The number of unbranched alkanes of at least 4 members (excludes halogenated alkanes) is 1. The van der Waals surface area contributed by atoms with Crippen molar-refractivity contribution in [1.29, 1.82) is 0 Å². The highest BCUT2D eigenvalue weighted by Gasteiger charge is 2.50. The van der Waals surface area contributed by atoms with Crippen LogP contribution < -0.4 is 16.4 Å². The zero-order chi connectivity index (χ0) is 47.3. The van der Waals surface area contributed by atoms with Gasteiger partial charge in [-0.2, -0.15) is 4.31 Å². The SMILES string of the molecule is CCCCC(=O)CC(=O)CC(=O)CC(=O)SCCNC(=O)CCNC(=O)[C@H](O)C(C)(C)COP(=O)(O)OP(=O)(O)OC[C@H]1O[C@@H](n2cnc3c(N)ncnc32)[C@H](O)[C@@H]1OP(=O)(O)O. The zero-order valence-electron chi connectivity index (χ0n) is 34.0. The van der Waals surface area contributed by atoms with Gasteiger partial charge in [0.2, 0.25) is 11.8 Å². The number of nitrogens with two attached hydrogens (primary N) is 1. The lowest BCUT2D eigenvalue weighted by molar-refractivity contribution is -0.137. The Labute approximate surface area is 363 Å². The number of nitrogens with zero attached hydrogens (tertiary/aromatic N) is 4. The minimum Gasteiger partial charge on any atom is -0.386 e. The van der Waals surface area contributed by atoms with E-state index in [-0.39, 0.29) is 60.9 Å². The van der Waals surface area contributed by atoms with Gasteiger partial charge in [-0.15, -0.1) is 0 Å². The number of fused-ring (bicyclic) bond motifs is 1. The topological polar surface area (TPSA) is 415 Å². The number of carbonyl (C=O) groups is 6. The van der Waals surface area contributed by atoms with Crippen molar-refractivity contribution in [2.45, 2.75) is 96.4 Å². The Hall–Kier alpha value is -3.43. The Kier molecular flexibility index (Phi) is 20.2. The number of aromatic nitrogens is 4. The number of anilines is 1. The van der Waals surface area contributed by atoms with Crippen molar-refractivity contribution in [2.75, 3.05) is 37.8 Å². The summed E-state index contributed by atoms with van der Waals surface area (Å²) >= 11 is 0.752. The van der Waals surface area contributed by atoms with Gasteiger partial charge in [0.05, 0.1) is 38.8 Å². The van der Waals surface area contributed by atoms with E-state index in [0.29, 0.717) is 6.42 Å². The molecule has 7 atom stereocenters. The number of hydrogen-bond acceptors (Lipinski definition) is 21. The Bertz CT molecular complexity index is 2120. The molecule has 63 heavy (non-hydrogen) atoms. The lowest BCUT2D eigenvalue weighted by Crippen LogP contribution is -2.46. The number of phosphoric ester groups is 3. The molecule has 2 aromatic heterocycles. The van der Waals surface area contributed by atoms with Gasteiger partial charge >= 0.3 is 23.5 Å². The highest BCUT2D eigenvalue weighted by atomic mass is 32.2. The summed E-state index contributed by atoms with van der Waals surface area (Å²) in [4.78, 5) is 123. The maximum Gasteiger partial charge on any atom is 0.481 e. The fraction of sp³-hybridized carbons (Fsp3) is 0.656. The number of phosphoric acid groups is 3. The van der Waals surface area contributed by atoms with Crippen LogP contribution in [0.15, 0.2) is 12.7 Å². The van der Waals surface area contributed by atoms with Gasteiger partial charge < -0.3 is 50.9 Å². The summed E-state index contributed by atoms with van der Waals surface area (Å²) in [5.41, 5.74) is 4.17. The van der Waals surface area contributed by atoms with Gasteiger partial charge in [0.1, 0.15) is 53.6 Å². The molecule has 0 bridgehead atoms. The number of Topliss-reactive ketones (excluding diaryl/α,β-unsaturated/α-hetero) is 3. The summed E-state index contributed by atoms with van der Waals surface area (Å²) in [6.45, 7) is 1.94. The molecule has 1 aliphatic rings. The van der Waals surface area contributed by atoms with Crippen LogP contribution in [0.1, 0.15) is 71.9 Å². The molecule has 354 valence electrons. The van der Waals surface area contributed by atoms with E-state index in [1.165, 1.54) is 13.8 Å². The average molecular weight is 978 g/mol. The maximum atomic E-state index is 12.7. The number of carbonyl (C=O) groups excluding carboxylic acids is 6. The van der Waals surface area contributed by atoms with Crippen molar-refractivity contribution in [1.82, 2.24) is 30.2 Å². The predicted molar refractivity (Wildman–Crippen MR) is 215 cm³/mol. The summed E-state index contributed by atoms with van der Waals surface area (Å²) in [5, 5.41) is 25.7. The number of aliphatic hydroxyl groups excluding tert-OH is 2. The molecule has 0 spiro atoms. The maximum absolute atomic E-state index is 12.7. The van der Waals surface area contributed by atoms with Gasteiger partial charge in [-0.3, -0.25) is 46.9 Å². The molecular formula is C32H50N7O20P3S. The molecule has 1 fully saturated rings. The van der Waals surface area contributed by atoms with Crippen LogP contribution in [0.5, 0.6) is 0 Å². The zero-order valence-corrected chi connectivity index (χ0v) is 37.5. The van der Waals surface area contributed by atoms with Gasteiger partial charge in [-0.05, 0) is 6.42 Å². The van der Waals surface area contributed by atoms with Crippen LogP contribution in [-0.2, 0) is 65.1 Å². The first-order valence-electron chi connectivity index (χ1n) is 18.8. The van der Waals surface area contributed by atoms with E-state index in [4.69, 9.17) is 19.5 Å². The highest BCUT2D eigenvalue weighted by Crippen LogP contribution is 2.61. The molecule has 27 nitrogen and oxygen atoms in total. The second-order valence-electron chi connectivity index (χ2n) is 14.5. The lowest BCUT2D eigenvalue weighted by Gasteiger charge is -2.30. The smallest absolute Gasteiger partial charge is 0.386 e. The van der Waals surface area contributed by atoms with Crippen LogP contribution >= 0.6 is 35.2 Å². The van der Waals surface area contributed by atoms with Crippen LogP contribution in [0.3, 0.4) is 0 Å². The van der Waals surface area contributed by atoms with E-state index in [1.807, 2.05) is 6.92 Å². The van der Waals surface area contributed by atoms with Crippen LogP contribution in [0.4, 0.5) is 5.82 Å². The van der Waals surface area contributed by atoms with Crippen molar-refractivity contribution in [3.8, 4) is 0 Å². The van der Waals surface area contributed by atoms with Crippen molar-refractivity contribution in [2.24, 2.45) is 5.41 Å². The van der Waals surface area contributed by atoms with E-state index in [9.17, 15) is 72.2 Å². The molecule has 2 aromatic rings. The number of ether oxygens (including phenoxy) is 1. The summed E-state index contributed by atoms with van der Waals surface area (Å²) in [7, 11) is -16.5. The number of hydrogen-bond donors (Lipinski definition) is 9. The first kappa shape index (κ1) is 53.9. The molecule has 0 radical (unpaired) electrons. The summed E-state index contributed by atoms with van der Waals surface area (Å²) < 4.78 is 62.1. The van der Waals surface area contributed by atoms with Crippen LogP contribution in [-0.4, -0.2) is 140 Å². The second-order valence-corrected chi connectivity index (χ2v) is 19.9. The molecule has 3 heterocycles. The molecule has 2 unspecified atom stereocenters. The number of thioether (sulfide) groups is 1. The Balaban J connectivity index is 1.41. The molecular weight excluding hydrogens is 927 g/mol. The third kappa shape index (κ3) is 17.8. The van der Waals surface area contributed by atoms with E-state index in [2.05, 4.69) is 34.4 Å². The Morgan fingerprint density at radius 3 is 2.25 bits per heavy atom. The normalized spacial score (nSPS) is 20.4. The molecule has 1 saturated heterocycles. The van der Waals surface area contributed by atoms with Crippen LogP contribution in [0.25, 0.3) is 11.2 Å². The van der Waals surface area contributed by atoms with Gasteiger partial charge in [0.25, 0.3) is 0 Å². The highest BCUT2D eigenvalue weighted by molar-refractivity contribution is 8.13.